The van der Waals surface area contributed by atoms with Gasteiger partial charge in [-0.25, -0.2) is 0 Å². The molecule has 0 radical (unpaired) electrons. The largest absolute Gasteiger partial charge is 0.310 e. The molecule has 0 saturated heterocycles. The van der Waals surface area contributed by atoms with E-state index in [1.807, 2.05) is 0 Å². The maximum Gasteiger partial charge on any atom is 0.0473 e. The van der Waals surface area contributed by atoms with Gasteiger partial charge in [0, 0.05) is 45.0 Å². The van der Waals surface area contributed by atoms with Gasteiger partial charge in [-0.15, -0.1) is 0 Å². The van der Waals surface area contributed by atoms with E-state index in [2.05, 4.69) is 403 Å². The highest BCUT2D eigenvalue weighted by molar-refractivity contribution is 5.98. The summed E-state index contributed by atoms with van der Waals surface area (Å²) < 4.78 is 0. The Balaban J connectivity index is 0.851. The number of fused-ring (bicyclic) bond motifs is 7. The summed E-state index contributed by atoms with van der Waals surface area (Å²) in [6.45, 7) is 14.7. The van der Waals surface area contributed by atoms with Crippen molar-refractivity contribution in [2.75, 3.05) is 9.80 Å². The zero-order valence-electron chi connectivity index (χ0n) is 57.4. The summed E-state index contributed by atoms with van der Waals surface area (Å²) in [7, 11) is 0. The molecule has 17 rings (SSSR count). The first-order valence-electron chi connectivity index (χ1n) is 35.0. The van der Waals surface area contributed by atoms with E-state index >= 15 is 0 Å². The van der Waals surface area contributed by atoms with Crippen LogP contribution < -0.4 is 9.80 Å². The van der Waals surface area contributed by atoms with Crippen LogP contribution in [0.5, 0.6) is 0 Å². The van der Waals surface area contributed by atoms with E-state index in [4.69, 9.17) is 0 Å². The van der Waals surface area contributed by atoms with Gasteiger partial charge in [0.2, 0.25) is 0 Å². The summed E-state index contributed by atoms with van der Waals surface area (Å²) in [4.78, 5) is 5.09. The van der Waals surface area contributed by atoms with Gasteiger partial charge in [0.15, 0.2) is 0 Å². The van der Waals surface area contributed by atoms with Crippen molar-refractivity contribution in [2.24, 2.45) is 0 Å². The third-order valence-electron chi connectivity index (χ3n) is 21.1. The van der Waals surface area contributed by atoms with E-state index in [0.29, 0.717) is 0 Å². The van der Waals surface area contributed by atoms with Crippen LogP contribution in [-0.4, -0.2) is 0 Å². The number of hydrogen-bond acceptors (Lipinski definition) is 2. The van der Waals surface area contributed by atoms with Crippen molar-refractivity contribution in [2.45, 2.75) is 52.4 Å². The summed E-state index contributed by atoms with van der Waals surface area (Å²) in [5.41, 5.74) is 37.6. The normalized spacial score (nSPS) is 12.9. The van der Waals surface area contributed by atoms with Crippen LogP contribution in [0.25, 0.3) is 111 Å². The van der Waals surface area contributed by atoms with E-state index in [-0.39, 0.29) is 0 Å². The van der Waals surface area contributed by atoms with Crippen molar-refractivity contribution >= 4 is 34.1 Å². The topological polar surface area (TPSA) is 6.48 Å². The molecule has 2 heteroatoms. The standard InChI is InChI=1S/C98H76N2/c1-65-49-83(99(85-55-75(67-31-15-7-16-32-67)51-76(56-85)68-33-17-8-18-34-68)86-57-77(69-35-19-9-20-36-69)52-78(58-86)70-37-21-10-22-38-70)63-91-93(65)89-47-48-90-94-66(2)50-84(64-92(94)98(5,6)96(90)95(89)97(91,3)4)100(87-59-79(71-39-23-11-24-40-71)53-80(60-87)72-41-25-12-26-42-72)88-61-81(73-43-27-13-28-44-73)54-82(62-88)74-45-29-14-30-46-74/h7-64H,1-6H3. The van der Waals surface area contributed by atoms with Crippen LogP contribution in [0.4, 0.5) is 34.1 Å². The minimum absolute atomic E-state index is 0.413. The molecular formula is C98H76N2. The lowest BCUT2D eigenvalue weighted by atomic mass is 9.72. The van der Waals surface area contributed by atoms with Crippen LogP contribution in [-0.2, 0) is 10.8 Å². The lowest BCUT2D eigenvalue weighted by Gasteiger charge is -2.33. The third-order valence-corrected chi connectivity index (χ3v) is 21.1. The van der Waals surface area contributed by atoms with Crippen LogP contribution >= 0.6 is 0 Å². The average Bonchev–Trinajstić information content (AvgIpc) is 1.49. The number of anilines is 6. The second-order valence-electron chi connectivity index (χ2n) is 28.2. The molecule has 0 spiro atoms. The first-order valence-corrected chi connectivity index (χ1v) is 35.0. The number of hydrogen-bond donors (Lipinski definition) is 0. The summed E-state index contributed by atoms with van der Waals surface area (Å²) in [6.07, 6.45) is 0. The summed E-state index contributed by atoms with van der Waals surface area (Å²) in [6, 6.07) is 130. The molecule has 0 atom stereocenters. The molecule has 15 aromatic rings. The van der Waals surface area contributed by atoms with Crippen LogP contribution in [0.15, 0.2) is 352 Å². The van der Waals surface area contributed by atoms with Gasteiger partial charge in [0.25, 0.3) is 0 Å². The zero-order valence-corrected chi connectivity index (χ0v) is 57.4. The number of benzene rings is 15. The molecular weight excluding hydrogens is 1210 g/mol. The van der Waals surface area contributed by atoms with E-state index in [0.717, 1.165) is 78.6 Å². The van der Waals surface area contributed by atoms with Gasteiger partial charge >= 0.3 is 0 Å². The molecule has 0 aromatic heterocycles. The molecule has 2 aliphatic carbocycles. The third kappa shape index (κ3) is 11.0. The molecule has 15 aromatic carbocycles. The minimum Gasteiger partial charge on any atom is -0.310 e. The van der Waals surface area contributed by atoms with E-state index < -0.39 is 10.8 Å². The number of aryl methyl sites for hydroxylation is 2. The van der Waals surface area contributed by atoms with Crippen molar-refractivity contribution in [3.05, 3.63) is 385 Å². The molecule has 0 N–H and O–H groups in total. The van der Waals surface area contributed by atoms with Crippen molar-refractivity contribution in [1.82, 2.24) is 0 Å². The highest BCUT2D eigenvalue weighted by Crippen LogP contribution is 2.62. The van der Waals surface area contributed by atoms with Gasteiger partial charge in [-0.1, -0.05) is 282 Å². The van der Waals surface area contributed by atoms with Crippen LogP contribution in [0.1, 0.15) is 61.1 Å². The molecule has 0 bridgehead atoms. The Labute approximate surface area is 589 Å². The second-order valence-corrected chi connectivity index (χ2v) is 28.2. The van der Waals surface area contributed by atoms with E-state index in [1.165, 1.54) is 100 Å². The van der Waals surface area contributed by atoms with Gasteiger partial charge in [0.1, 0.15) is 0 Å². The fourth-order valence-electron chi connectivity index (χ4n) is 16.3. The van der Waals surface area contributed by atoms with Crippen molar-refractivity contribution in [3.63, 3.8) is 0 Å². The highest BCUT2D eigenvalue weighted by atomic mass is 15.1. The van der Waals surface area contributed by atoms with Crippen LogP contribution in [0.2, 0.25) is 0 Å². The summed E-state index contributed by atoms with van der Waals surface area (Å²) >= 11 is 0. The lowest BCUT2D eigenvalue weighted by molar-refractivity contribution is 0.601. The Bertz CT molecular complexity index is 4730. The Morgan fingerprint density at radius 3 is 0.560 bits per heavy atom. The molecule has 0 fully saturated rings. The van der Waals surface area contributed by atoms with Crippen LogP contribution in [0.3, 0.4) is 0 Å². The molecule has 2 aliphatic rings. The van der Waals surface area contributed by atoms with E-state index in [1.54, 1.807) is 0 Å². The lowest BCUT2D eigenvalue weighted by Crippen LogP contribution is -2.24. The number of rotatable bonds is 14. The first kappa shape index (κ1) is 61.5. The minimum atomic E-state index is -0.413. The predicted octanol–water partition coefficient (Wildman–Crippen LogP) is 27.2. The van der Waals surface area contributed by atoms with Crippen molar-refractivity contribution in [1.29, 1.82) is 0 Å². The molecule has 0 aliphatic heterocycles. The van der Waals surface area contributed by atoms with Crippen LogP contribution in [0, 0.1) is 13.8 Å². The van der Waals surface area contributed by atoms with Gasteiger partial charge in [-0.2, -0.15) is 0 Å². The Kier molecular flexibility index (Phi) is 15.4. The second kappa shape index (κ2) is 25.1. The molecule has 0 amide bonds. The van der Waals surface area contributed by atoms with E-state index in [9.17, 15) is 0 Å². The quantitative estimate of drug-likeness (QED) is 0.107. The van der Waals surface area contributed by atoms with Gasteiger partial charge in [0.05, 0.1) is 0 Å². The zero-order chi connectivity index (χ0) is 67.6. The maximum absolute atomic E-state index is 2.54. The average molecular weight is 1280 g/mol. The summed E-state index contributed by atoms with van der Waals surface area (Å²) in [5.74, 6) is 0. The van der Waals surface area contributed by atoms with Gasteiger partial charge in [-0.05, 0) is 256 Å². The SMILES string of the molecule is Cc1cc(N(c2cc(-c3ccccc3)cc(-c3ccccc3)c2)c2cc(-c3ccccc3)cc(-c3ccccc3)c2)cc2c1-c1ccc3c(c1C2(C)C)C(C)(C)c1cc(N(c2cc(-c4ccccc4)cc(-c4ccccc4)c2)c2cc(-c4ccccc4)cc(-c4ccccc4)c2)cc(C)c1-3. The Hall–Kier alpha value is -12.1. The fraction of sp³-hybridized carbons (Fsp3) is 0.0816. The van der Waals surface area contributed by atoms with Crippen molar-refractivity contribution in [3.8, 4) is 111 Å². The van der Waals surface area contributed by atoms with Gasteiger partial charge in [-0.3, -0.25) is 0 Å². The van der Waals surface area contributed by atoms with Gasteiger partial charge < -0.3 is 9.80 Å². The smallest absolute Gasteiger partial charge is 0.0473 e. The Morgan fingerprint density at radius 1 is 0.190 bits per heavy atom. The fourth-order valence-corrected chi connectivity index (χ4v) is 16.3. The molecule has 0 heterocycles. The molecule has 100 heavy (non-hydrogen) atoms. The number of nitrogens with zero attached hydrogens (tertiary/aromatic N) is 2. The maximum atomic E-state index is 2.54. The molecule has 478 valence electrons. The Morgan fingerprint density at radius 2 is 0.370 bits per heavy atom. The first-order chi connectivity index (χ1) is 48.9. The monoisotopic (exact) mass is 1280 g/mol. The molecule has 0 saturated carbocycles. The van der Waals surface area contributed by atoms with Crippen molar-refractivity contribution < 1.29 is 0 Å². The highest BCUT2D eigenvalue weighted by Gasteiger charge is 2.47. The predicted molar refractivity (Wildman–Crippen MR) is 424 cm³/mol. The molecule has 0 unspecified atom stereocenters. The molecule has 2 nitrogen and oxygen atoms in total. The summed E-state index contributed by atoms with van der Waals surface area (Å²) in [5, 5.41) is 0.